The van der Waals surface area contributed by atoms with Crippen LogP contribution in [0.15, 0.2) is 36.4 Å². The third-order valence-corrected chi connectivity index (χ3v) is 3.86. The van der Waals surface area contributed by atoms with Gasteiger partial charge in [0, 0.05) is 11.4 Å². The summed E-state index contributed by atoms with van der Waals surface area (Å²) in [4.78, 5) is 0. The van der Waals surface area contributed by atoms with E-state index in [2.05, 4.69) is 13.0 Å². The van der Waals surface area contributed by atoms with Crippen molar-refractivity contribution in [3.63, 3.8) is 0 Å². The van der Waals surface area contributed by atoms with E-state index in [0.29, 0.717) is 5.56 Å². The second kappa shape index (κ2) is 5.19. The fourth-order valence-electron chi connectivity index (χ4n) is 2.66. The number of halogens is 1. The number of rotatable bonds is 2. The van der Waals surface area contributed by atoms with Gasteiger partial charge in [-0.1, -0.05) is 30.7 Å². The first-order chi connectivity index (χ1) is 9.71. The van der Waals surface area contributed by atoms with Gasteiger partial charge in [0.25, 0.3) is 0 Å². The first-order valence-electron chi connectivity index (χ1n) is 6.69. The highest BCUT2D eigenvalue weighted by Crippen LogP contribution is 2.41. The molecule has 1 unspecified atom stereocenters. The third-order valence-electron chi connectivity index (χ3n) is 3.64. The van der Waals surface area contributed by atoms with Crippen LogP contribution in [0.4, 0.5) is 0 Å². The molecule has 1 heterocycles. The number of ether oxygens (including phenoxy) is 1. The van der Waals surface area contributed by atoms with Crippen molar-refractivity contribution < 1.29 is 4.74 Å². The quantitative estimate of drug-likeness (QED) is 0.816. The molecule has 0 aromatic heterocycles. The lowest BCUT2D eigenvalue weighted by Gasteiger charge is -2.12. The van der Waals surface area contributed by atoms with Crippen LogP contribution in [-0.2, 0) is 12.8 Å². The van der Waals surface area contributed by atoms with E-state index in [1.54, 1.807) is 6.07 Å². The van der Waals surface area contributed by atoms with Crippen molar-refractivity contribution in [2.75, 3.05) is 0 Å². The molecule has 0 radical (unpaired) electrons. The van der Waals surface area contributed by atoms with Gasteiger partial charge in [0.05, 0.1) is 11.6 Å². The Morgan fingerprint density at radius 3 is 2.95 bits per heavy atom. The van der Waals surface area contributed by atoms with Gasteiger partial charge in [0.1, 0.15) is 11.9 Å². The van der Waals surface area contributed by atoms with Crippen LogP contribution < -0.4 is 4.74 Å². The second-order valence-electron chi connectivity index (χ2n) is 4.95. The van der Waals surface area contributed by atoms with Crippen molar-refractivity contribution in [1.29, 1.82) is 5.26 Å². The van der Waals surface area contributed by atoms with Crippen molar-refractivity contribution in [2.45, 2.75) is 25.9 Å². The highest BCUT2D eigenvalue weighted by molar-refractivity contribution is 6.30. The fraction of sp³-hybridized carbons (Fsp3) is 0.235. The van der Waals surface area contributed by atoms with E-state index in [9.17, 15) is 0 Å². The summed E-state index contributed by atoms with van der Waals surface area (Å²) in [5.41, 5.74) is 4.00. The number of hydrogen-bond acceptors (Lipinski definition) is 2. The minimum Gasteiger partial charge on any atom is -0.485 e. The number of hydrogen-bond donors (Lipinski definition) is 0. The number of fused-ring (bicyclic) bond motifs is 1. The molecular weight excluding hydrogens is 270 g/mol. The minimum atomic E-state index is -0.0259. The van der Waals surface area contributed by atoms with Crippen LogP contribution in [0, 0.1) is 11.3 Å². The minimum absolute atomic E-state index is 0.0259. The second-order valence-corrected chi connectivity index (χ2v) is 5.39. The summed E-state index contributed by atoms with van der Waals surface area (Å²) < 4.78 is 6.10. The van der Waals surface area contributed by atoms with Crippen molar-refractivity contribution in [3.05, 3.63) is 63.7 Å². The molecule has 0 fully saturated rings. The monoisotopic (exact) mass is 283 g/mol. The Morgan fingerprint density at radius 1 is 1.35 bits per heavy atom. The first-order valence-corrected chi connectivity index (χ1v) is 7.07. The predicted octanol–water partition coefficient (Wildman–Crippen LogP) is 4.45. The van der Waals surface area contributed by atoms with E-state index < -0.39 is 0 Å². The Kier molecular flexibility index (Phi) is 3.38. The van der Waals surface area contributed by atoms with Crippen LogP contribution in [0.25, 0.3) is 0 Å². The average molecular weight is 284 g/mol. The topological polar surface area (TPSA) is 33.0 Å². The van der Waals surface area contributed by atoms with E-state index in [1.165, 1.54) is 0 Å². The lowest BCUT2D eigenvalue weighted by molar-refractivity contribution is 0.237. The lowest BCUT2D eigenvalue weighted by Crippen LogP contribution is -2.03. The molecule has 0 spiro atoms. The summed E-state index contributed by atoms with van der Waals surface area (Å²) in [6, 6.07) is 13.7. The van der Waals surface area contributed by atoms with Crippen LogP contribution in [-0.4, -0.2) is 0 Å². The van der Waals surface area contributed by atoms with Gasteiger partial charge >= 0.3 is 0 Å². The molecule has 0 aliphatic carbocycles. The maximum absolute atomic E-state index is 8.99. The molecule has 0 saturated heterocycles. The lowest BCUT2D eigenvalue weighted by atomic mass is 10.0. The summed E-state index contributed by atoms with van der Waals surface area (Å²) in [7, 11) is 0. The summed E-state index contributed by atoms with van der Waals surface area (Å²) >= 11 is 6.15. The Hall–Kier alpha value is -1.98. The van der Waals surface area contributed by atoms with Gasteiger partial charge in [-0.2, -0.15) is 5.26 Å². The molecule has 20 heavy (non-hydrogen) atoms. The summed E-state index contributed by atoms with van der Waals surface area (Å²) in [5.74, 6) is 0.962. The van der Waals surface area contributed by atoms with E-state index in [1.807, 2.05) is 30.3 Å². The van der Waals surface area contributed by atoms with Crippen molar-refractivity contribution >= 4 is 11.6 Å². The van der Waals surface area contributed by atoms with E-state index in [4.69, 9.17) is 21.6 Å². The smallest absolute Gasteiger partial charge is 0.128 e. The van der Waals surface area contributed by atoms with Crippen molar-refractivity contribution in [2.24, 2.45) is 0 Å². The van der Waals surface area contributed by atoms with E-state index >= 15 is 0 Å². The standard InChI is InChI=1S/C17H14ClNO/c1-2-12-7-15(18)8-14-9-16(20-17(12)14)13-5-3-4-11(6-13)10-19/h3-8,16H,2,9H2,1H3. The molecule has 3 heteroatoms. The normalized spacial score (nSPS) is 16.4. The van der Waals surface area contributed by atoms with Gasteiger partial charge in [-0.15, -0.1) is 0 Å². The molecule has 3 rings (SSSR count). The van der Waals surface area contributed by atoms with Gasteiger partial charge in [0.2, 0.25) is 0 Å². The SMILES string of the molecule is CCc1cc(Cl)cc2c1OC(c1cccc(C#N)c1)C2. The molecule has 0 saturated carbocycles. The number of nitrogens with zero attached hydrogens (tertiary/aromatic N) is 1. The largest absolute Gasteiger partial charge is 0.485 e. The molecule has 1 aliphatic rings. The summed E-state index contributed by atoms with van der Waals surface area (Å²) in [5, 5.41) is 9.75. The highest BCUT2D eigenvalue weighted by Gasteiger charge is 2.27. The number of aryl methyl sites for hydroxylation is 1. The molecule has 2 nitrogen and oxygen atoms in total. The Bertz CT molecular complexity index is 703. The molecule has 0 amide bonds. The van der Waals surface area contributed by atoms with Crippen LogP contribution >= 0.6 is 11.6 Å². The van der Waals surface area contributed by atoms with Crippen molar-refractivity contribution in [3.8, 4) is 11.8 Å². The highest BCUT2D eigenvalue weighted by atomic mass is 35.5. The maximum atomic E-state index is 8.99. The molecule has 0 N–H and O–H groups in total. The predicted molar refractivity (Wildman–Crippen MR) is 79.1 cm³/mol. The maximum Gasteiger partial charge on any atom is 0.128 e. The van der Waals surface area contributed by atoms with Gasteiger partial charge in [-0.25, -0.2) is 0 Å². The van der Waals surface area contributed by atoms with Gasteiger partial charge in [-0.05, 0) is 47.4 Å². The Balaban J connectivity index is 1.96. The summed E-state index contributed by atoms with van der Waals surface area (Å²) in [6.07, 6.45) is 1.67. The van der Waals surface area contributed by atoms with Crippen molar-refractivity contribution in [1.82, 2.24) is 0 Å². The van der Waals surface area contributed by atoms with Gasteiger partial charge in [0.15, 0.2) is 0 Å². The molecule has 2 aromatic carbocycles. The average Bonchev–Trinajstić information content (AvgIpc) is 2.90. The molecule has 0 bridgehead atoms. The molecule has 100 valence electrons. The Labute approximate surface area is 123 Å². The number of benzene rings is 2. The van der Waals surface area contributed by atoms with Gasteiger partial charge in [-0.3, -0.25) is 0 Å². The third kappa shape index (κ3) is 2.26. The van der Waals surface area contributed by atoms with Crippen LogP contribution in [0.5, 0.6) is 5.75 Å². The van der Waals surface area contributed by atoms with E-state index in [-0.39, 0.29) is 6.10 Å². The van der Waals surface area contributed by atoms with E-state index in [0.717, 1.165) is 40.3 Å². The number of nitriles is 1. The zero-order valence-electron chi connectivity index (χ0n) is 11.2. The van der Waals surface area contributed by atoms with Crippen LogP contribution in [0.3, 0.4) is 0 Å². The molecule has 2 aromatic rings. The summed E-state index contributed by atoms with van der Waals surface area (Å²) in [6.45, 7) is 2.10. The van der Waals surface area contributed by atoms with Crippen LogP contribution in [0.2, 0.25) is 5.02 Å². The Morgan fingerprint density at radius 2 is 2.20 bits per heavy atom. The van der Waals surface area contributed by atoms with Crippen LogP contribution in [0.1, 0.15) is 35.3 Å². The molecule has 1 aliphatic heterocycles. The van der Waals surface area contributed by atoms with Gasteiger partial charge < -0.3 is 4.74 Å². The molecular formula is C17H14ClNO. The molecule has 1 atom stereocenters. The fourth-order valence-corrected chi connectivity index (χ4v) is 2.92. The zero-order chi connectivity index (χ0) is 14.1. The zero-order valence-corrected chi connectivity index (χ0v) is 11.9. The first kappa shape index (κ1) is 13.0.